The Labute approximate surface area is 149 Å². The van der Waals surface area contributed by atoms with E-state index in [0.29, 0.717) is 0 Å². The van der Waals surface area contributed by atoms with Crippen molar-refractivity contribution in [2.75, 3.05) is 0 Å². The zero-order valence-corrected chi connectivity index (χ0v) is 16.2. The molecule has 2 heterocycles. The van der Waals surface area contributed by atoms with Crippen LogP contribution in [0.5, 0.6) is 0 Å². The highest BCUT2D eigenvalue weighted by Crippen LogP contribution is 2.48. The molecule has 0 aromatic carbocycles. The van der Waals surface area contributed by atoms with Crippen LogP contribution in [0.2, 0.25) is 0 Å². The fraction of sp³-hybridized carbons (Fsp3) is 0.429. The van der Waals surface area contributed by atoms with Crippen molar-refractivity contribution in [3.05, 3.63) is 58.3 Å². The zero-order valence-electron chi connectivity index (χ0n) is 15.4. The molecule has 3 rings (SSSR count). The highest BCUT2D eigenvalue weighted by atomic mass is 32.1. The lowest BCUT2D eigenvalue weighted by molar-refractivity contribution is 0.331. The minimum absolute atomic E-state index is 0.141. The third kappa shape index (κ3) is 2.86. The smallest absolute Gasteiger partial charge is 0.123 e. The average molecular weight is 339 g/mol. The van der Waals surface area contributed by atoms with Crippen LogP contribution < -0.4 is 0 Å². The number of rotatable bonds is 3. The van der Waals surface area contributed by atoms with Crippen molar-refractivity contribution in [2.45, 2.75) is 58.3 Å². The van der Waals surface area contributed by atoms with Crippen LogP contribution in [0.4, 0.5) is 0 Å². The SMILES string of the molecule is C=C(C)c1ccc(C(=C)c2nc3c(s2)C(C)(C)CCC3(C)C)cn1. The summed E-state index contributed by atoms with van der Waals surface area (Å²) in [5.74, 6) is 0. The van der Waals surface area contributed by atoms with Gasteiger partial charge in [-0.05, 0) is 31.4 Å². The molecule has 1 aliphatic rings. The average Bonchev–Trinajstić information content (AvgIpc) is 2.99. The molecule has 126 valence electrons. The second kappa shape index (κ2) is 5.66. The predicted molar refractivity (Wildman–Crippen MR) is 104 cm³/mol. The topological polar surface area (TPSA) is 25.8 Å². The monoisotopic (exact) mass is 338 g/mol. The summed E-state index contributed by atoms with van der Waals surface area (Å²) in [6.07, 6.45) is 4.26. The van der Waals surface area contributed by atoms with Gasteiger partial charge in [0.25, 0.3) is 0 Å². The first-order chi connectivity index (χ1) is 11.1. The van der Waals surface area contributed by atoms with Gasteiger partial charge in [0, 0.05) is 33.0 Å². The lowest BCUT2D eigenvalue weighted by Gasteiger charge is -2.37. The largest absolute Gasteiger partial charge is 0.256 e. The van der Waals surface area contributed by atoms with Crippen LogP contribution in [0.25, 0.3) is 11.1 Å². The lowest BCUT2D eigenvalue weighted by atomic mass is 9.69. The lowest BCUT2D eigenvalue weighted by Crippen LogP contribution is -2.32. The highest BCUT2D eigenvalue weighted by Gasteiger charge is 2.40. The number of nitrogens with zero attached hydrogens (tertiary/aromatic N) is 2. The Morgan fingerprint density at radius 2 is 1.75 bits per heavy atom. The van der Waals surface area contributed by atoms with Gasteiger partial charge in [-0.2, -0.15) is 0 Å². The standard InChI is InChI=1S/C21H26N2S/c1-13(2)16-9-8-15(12-22-16)14(3)19-23-17-18(24-19)21(6,7)11-10-20(17,4)5/h8-9,12H,1,3,10-11H2,2,4-7H3. The zero-order chi connectivity index (χ0) is 17.7. The summed E-state index contributed by atoms with van der Waals surface area (Å²) in [7, 11) is 0. The van der Waals surface area contributed by atoms with Gasteiger partial charge in [-0.3, -0.25) is 4.98 Å². The van der Waals surface area contributed by atoms with Gasteiger partial charge in [-0.15, -0.1) is 11.3 Å². The van der Waals surface area contributed by atoms with Crippen molar-refractivity contribution >= 4 is 22.5 Å². The molecule has 0 fully saturated rings. The normalized spacial score (nSPS) is 18.0. The van der Waals surface area contributed by atoms with Crippen LogP contribution in [0.3, 0.4) is 0 Å². The molecule has 1 aliphatic carbocycles. The Bertz CT molecular complexity index is 773. The molecule has 0 atom stereocenters. The van der Waals surface area contributed by atoms with Gasteiger partial charge in [0.05, 0.1) is 11.4 Å². The minimum Gasteiger partial charge on any atom is -0.256 e. The quantitative estimate of drug-likeness (QED) is 0.688. The Morgan fingerprint density at radius 1 is 1.08 bits per heavy atom. The molecule has 3 heteroatoms. The van der Waals surface area contributed by atoms with E-state index in [9.17, 15) is 0 Å². The molecular weight excluding hydrogens is 312 g/mol. The van der Waals surface area contributed by atoms with Crippen LogP contribution in [-0.4, -0.2) is 9.97 Å². The second-order valence-electron chi connectivity index (χ2n) is 8.16. The van der Waals surface area contributed by atoms with Gasteiger partial charge in [0.1, 0.15) is 5.01 Å². The molecule has 0 saturated heterocycles. The summed E-state index contributed by atoms with van der Waals surface area (Å²) in [6, 6.07) is 4.07. The van der Waals surface area contributed by atoms with Crippen molar-refractivity contribution in [1.82, 2.24) is 9.97 Å². The van der Waals surface area contributed by atoms with Crippen molar-refractivity contribution < 1.29 is 0 Å². The van der Waals surface area contributed by atoms with Gasteiger partial charge in [-0.1, -0.05) is 46.9 Å². The molecule has 2 aromatic rings. The third-order valence-corrected chi connectivity index (χ3v) is 6.55. The Kier molecular flexibility index (Phi) is 4.03. The summed E-state index contributed by atoms with van der Waals surface area (Å²) < 4.78 is 0. The van der Waals surface area contributed by atoms with E-state index in [-0.39, 0.29) is 10.8 Å². The van der Waals surface area contributed by atoms with E-state index in [1.165, 1.54) is 23.4 Å². The van der Waals surface area contributed by atoms with Gasteiger partial charge in [0.15, 0.2) is 0 Å². The molecule has 2 nitrogen and oxygen atoms in total. The summed E-state index contributed by atoms with van der Waals surface area (Å²) in [5.41, 5.74) is 5.48. The summed E-state index contributed by atoms with van der Waals surface area (Å²) in [6.45, 7) is 19.5. The molecule has 24 heavy (non-hydrogen) atoms. The fourth-order valence-electron chi connectivity index (χ4n) is 3.17. The first-order valence-electron chi connectivity index (χ1n) is 8.45. The maximum absolute atomic E-state index is 5.01. The molecular formula is C21H26N2S. The van der Waals surface area contributed by atoms with Gasteiger partial charge < -0.3 is 0 Å². The molecule has 0 saturated carbocycles. The number of allylic oxidation sites excluding steroid dienone is 1. The van der Waals surface area contributed by atoms with Crippen molar-refractivity contribution in [1.29, 1.82) is 0 Å². The first kappa shape index (κ1) is 17.1. The molecule has 0 aliphatic heterocycles. The minimum atomic E-state index is 0.141. The summed E-state index contributed by atoms with van der Waals surface area (Å²) in [5, 5.41) is 1.02. The molecule has 0 amide bonds. The number of thiazole rings is 1. The van der Waals surface area contributed by atoms with E-state index < -0.39 is 0 Å². The predicted octanol–water partition coefficient (Wildman–Crippen LogP) is 5.98. The van der Waals surface area contributed by atoms with Gasteiger partial charge >= 0.3 is 0 Å². The number of pyridine rings is 1. The maximum atomic E-state index is 5.01. The highest BCUT2D eigenvalue weighted by molar-refractivity contribution is 7.13. The van der Waals surface area contributed by atoms with E-state index in [2.05, 4.69) is 51.9 Å². The summed E-state index contributed by atoms with van der Waals surface area (Å²) in [4.78, 5) is 10.9. The number of aromatic nitrogens is 2. The van der Waals surface area contributed by atoms with Gasteiger partial charge in [0.2, 0.25) is 0 Å². The van der Waals surface area contributed by atoms with Crippen LogP contribution >= 0.6 is 11.3 Å². The van der Waals surface area contributed by atoms with Crippen LogP contribution in [0.15, 0.2) is 31.5 Å². The van der Waals surface area contributed by atoms with Crippen molar-refractivity contribution in [3.63, 3.8) is 0 Å². The Morgan fingerprint density at radius 3 is 2.29 bits per heavy atom. The molecule has 0 radical (unpaired) electrons. The summed E-state index contributed by atoms with van der Waals surface area (Å²) >= 11 is 1.80. The van der Waals surface area contributed by atoms with E-state index in [0.717, 1.165) is 27.4 Å². The van der Waals surface area contributed by atoms with Gasteiger partial charge in [-0.25, -0.2) is 4.98 Å². The number of hydrogen-bond donors (Lipinski definition) is 0. The van der Waals surface area contributed by atoms with Crippen molar-refractivity contribution in [3.8, 4) is 0 Å². The Hall–Kier alpha value is -1.74. The number of hydrogen-bond acceptors (Lipinski definition) is 3. The van der Waals surface area contributed by atoms with E-state index in [1.54, 1.807) is 11.3 Å². The van der Waals surface area contributed by atoms with E-state index >= 15 is 0 Å². The van der Waals surface area contributed by atoms with Crippen molar-refractivity contribution in [2.24, 2.45) is 0 Å². The third-order valence-electron chi connectivity index (χ3n) is 5.07. The molecule has 0 bridgehead atoms. The van der Waals surface area contributed by atoms with Crippen LogP contribution in [-0.2, 0) is 10.8 Å². The Balaban J connectivity index is 2.00. The van der Waals surface area contributed by atoms with E-state index in [4.69, 9.17) is 4.98 Å². The number of fused-ring (bicyclic) bond motifs is 1. The second-order valence-corrected chi connectivity index (χ2v) is 9.15. The maximum Gasteiger partial charge on any atom is 0.123 e. The molecule has 0 spiro atoms. The first-order valence-corrected chi connectivity index (χ1v) is 9.27. The van der Waals surface area contributed by atoms with E-state index in [1.807, 2.05) is 19.2 Å². The fourth-order valence-corrected chi connectivity index (χ4v) is 4.54. The van der Waals surface area contributed by atoms with Crippen LogP contribution in [0, 0.1) is 0 Å². The molecule has 2 aromatic heterocycles. The molecule has 0 N–H and O–H groups in total. The van der Waals surface area contributed by atoms with Crippen LogP contribution in [0.1, 0.15) is 74.3 Å². The molecule has 0 unspecified atom stereocenters.